The molecule has 6 nitrogen and oxygen atoms in total. The lowest BCUT2D eigenvalue weighted by atomic mass is 10.2. The van der Waals surface area contributed by atoms with Gasteiger partial charge in [0.1, 0.15) is 11.6 Å². The zero-order chi connectivity index (χ0) is 17.3. The fraction of sp³-hybridized carbons (Fsp3) is 0.278. The van der Waals surface area contributed by atoms with E-state index >= 15 is 0 Å². The van der Waals surface area contributed by atoms with Crippen LogP contribution in [0.15, 0.2) is 36.5 Å². The topological polar surface area (TPSA) is 68.5 Å². The number of carbonyl (C=O) groups is 1. The van der Waals surface area contributed by atoms with E-state index < -0.39 is 0 Å². The second-order valence-corrected chi connectivity index (χ2v) is 5.98. The Hall–Kier alpha value is -2.89. The average molecular weight is 324 g/mol. The number of rotatable bonds is 4. The monoisotopic (exact) mass is 324 g/mol. The highest BCUT2D eigenvalue weighted by Crippen LogP contribution is 2.18. The first kappa shape index (κ1) is 16.0. The molecule has 0 radical (unpaired) electrons. The van der Waals surface area contributed by atoms with Crippen LogP contribution in [0.5, 0.6) is 5.75 Å². The highest BCUT2D eigenvalue weighted by molar-refractivity contribution is 6.04. The first-order valence-electron chi connectivity index (χ1n) is 7.84. The minimum absolute atomic E-state index is 0.102. The molecule has 0 aliphatic heterocycles. The number of nitrogens with zero attached hydrogens (tertiary/aromatic N) is 3. The lowest BCUT2D eigenvalue weighted by molar-refractivity contribution is 0.102. The van der Waals surface area contributed by atoms with Gasteiger partial charge >= 0.3 is 0 Å². The summed E-state index contributed by atoms with van der Waals surface area (Å²) in [5.74, 6) is 1.26. The van der Waals surface area contributed by atoms with Crippen LogP contribution in [0.25, 0.3) is 5.65 Å². The van der Waals surface area contributed by atoms with E-state index in [4.69, 9.17) is 4.74 Å². The van der Waals surface area contributed by atoms with E-state index in [0.717, 1.165) is 17.0 Å². The van der Waals surface area contributed by atoms with Crippen LogP contribution in [0, 0.1) is 13.8 Å². The molecule has 0 aliphatic rings. The summed E-state index contributed by atoms with van der Waals surface area (Å²) in [6.07, 6.45) is 1.86. The van der Waals surface area contributed by atoms with E-state index in [0.29, 0.717) is 17.1 Å². The number of aryl methyl sites for hydroxylation is 2. The summed E-state index contributed by atoms with van der Waals surface area (Å²) in [6, 6.07) is 8.97. The number of nitrogens with one attached hydrogen (secondary N) is 1. The van der Waals surface area contributed by atoms with Gasteiger partial charge in [0, 0.05) is 5.56 Å². The first-order chi connectivity index (χ1) is 11.4. The molecule has 3 aromatic rings. The number of pyridine rings is 1. The van der Waals surface area contributed by atoms with Crippen LogP contribution in [0.1, 0.15) is 35.6 Å². The highest BCUT2D eigenvalue weighted by Gasteiger charge is 2.10. The van der Waals surface area contributed by atoms with E-state index in [9.17, 15) is 4.79 Å². The molecule has 0 atom stereocenters. The van der Waals surface area contributed by atoms with Gasteiger partial charge < -0.3 is 10.1 Å². The third-order valence-electron chi connectivity index (χ3n) is 3.47. The van der Waals surface area contributed by atoms with Gasteiger partial charge in [-0.15, -0.1) is 0 Å². The Balaban J connectivity index is 1.79. The van der Waals surface area contributed by atoms with Crippen molar-refractivity contribution in [2.75, 3.05) is 5.32 Å². The molecular formula is C18H20N4O2. The van der Waals surface area contributed by atoms with Crippen molar-refractivity contribution in [1.82, 2.24) is 14.6 Å². The van der Waals surface area contributed by atoms with Gasteiger partial charge in [-0.25, -0.2) is 9.50 Å². The van der Waals surface area contributed by atoms with Gasteiger partial charge in [0.05, 0.1) is 18.0 Å². The lowest BCUT2D eigenvalue weighted by Crippen LogP contribution is -2.13. The zero-order valence-electron chi connectivity index (χ0n) is 14.2. The molecular weight excluding hydrogens is 304 g/mol. The summed E-state index contributed by atoms with van der Waals surface area (Å²) in [5, 5.41) is 7.18. The van der Waals surface area contributed by atoms with Crippen molar-refractivity contribution >= 4 is 17.2 Å². The molecule has 0 unspecified atom stereocenters. The van der Waals surface area contributed by atoms with E-state index in [-0.39, 0.29) is 12.0 Å². The van der Waals surface area contributed by atoms with Crippen molar-refractivity contribution in [2.24, 2.45) is 0 Å². The number of amides is 1. The number of hydrogen-bond acceptors (Lipinski definition) is 4. The molecule has 0 saturated carbocycles. The van der Waals surface area contributed by atoms with Crippen LogP contribution >= 0.6 is 0 Å². The quantitative estimate of drug-likeness (QED) is 0.799. The van der Waals surface area contributed by atoms with Crippen LogP contribution < -0.4 is 10.1 Å². The average Bonchev–Trinajstić information content (AvgIpc) is 2.88. The number of benzene rings is 1. The van der Waals surface area contributed by atoms with Gasteiger partial charge in [0.15, 0.2) is 5.65 Å². The Morgan fingerprint density at radius 3 is 2.58 bits per heavy atom. The molecule has 0 fully saturated rings. The zero-order valence-corrected chi connectivity index (χ0v) is 14.2. The highest BCUT2D eigenvalue weighted by atomic mass is 16.5. The molecule has 2 aromatic heterocycles. The second-order valence-electron chi connectivity index (χ2n) is 5.98. The number of carbonyl (C=O) groups excluding carboxylic acids is 1. The SMILES string of the molecule is Cc1nc2c(C)cc(NC(=O)c3ccc(OC(C)C)cc3)cn2n1. The summed E-state index contributed by atoms with van der Waals surface area (Å²) >= 11 is 0. The van der Waals surface area contributed by atoms with Crippen molar-refractivity contribution in [3.8, 4) is 5.75 Å². The van der Waals surface area contributed by atoms with Crippen LogP contribution in [-0.2, 0) is 0 Å². The van der Waals surface area contributed by atoms with E-state index in [2.05, 4.69) is 15.4 Å². The smallest absolute Gasteiger partial charge is 0.255 e. The maximum absolute atomic E-state index is 12.4. The molecule has 3 rings (SSSR count). The summed E-state index contributed by atoms with van der Waals surface area (Å²) in [6.45, 7) is 7.71. The van der Waals surface area contributed by atoms with Crippen LogP contribution in [0.4, 0.5) is 5.69 Å². The Labute approximate surface area is 140 Å². The minimum atomic E-state index is -0.179. The Kier molecular flexibility index (Phi) is 4.20. The van der Waals surface area contributed by atoms with E-state index in [1.54, 1.807) is 35.0 Å². The molecule has 1 aromatic carbocycles. The third-order valence-corrected chi connectivity index (χ3v) is 3.47. The van der Waals surface area contributed by atoms with Crippen molar-refractivity contribution in [1.29, 1.82) is 0 Å². The predicted octanol–water partition coefficient (Wildman–Crippen LogP) is 3.39. The molecule has 1 N–H and O–H groups in total. The fourth-order valence-electron chi connectivity index (χ4n) is 2.48. The van der Waals surface area contributed by atoms with Gasteiger partial charge in [-0.05, 0) is 63.6 Å². The normalized spacial score (nSPS) is 11.0. The van der Waals surface area contributed by atoms with E-state index in [1.165, 1.54) is 0 Å². The van der Waals surface area contributed by atoms with Gasteiger partial charge in [-0.2, -0.15) is 5.10 Å². The summed E-state index contributed by atoms with van der Waals surface area (Å²) in [4.78, 5) is 16.8. The van der Waals surface area contributed by atoms with Gasteiger partial charge in [0.2, 0.25) is 0 Å². The summed E-state index contributed by atoms with van der Waals surface area (Å²) < 4.78 is 7.26. The maximum atomic E-state index is 12.4. The molecule has 2 heterocycles. The van der Waals surface area contributed by atoms with Gasteiger partial charge in [-0.3, -0.25) is 4.79 Å². The third kappa shape index (κ3) is 3.37. The Morgan fingerprint density at radius 2 is 1.92 bits per heavy atom. The number of anilines is 1. The van der Waals surface area contributed by atoms with Crippen molar-refractivity contribution < 1.29 is 9.53 Å². The first-order valence-corrected chi connectivity index (χ1v) is 7.84. The summed E-state index contributed by atoms with van der Waals surface area (Å²) in [5.41, 5.74) is 2.99. The van der Waals surface area contributed by atoms with Crippen LogP contribution in [0.3, 0.4) is 0 Å². The van der Waals surface area contributed by atoms with Crippen molar-refractivity contribution in [3.05, 3.63) is 53.5 Å². The number of fused-ring (bicyclic) bond motifs is 1. The maximum Gasteiger partial charge on any atom is 0.255 e. The molecule has 24 heavy (non-hydrogen) atoms. The molecule has 124 valence electrons. The Bertz CT molecular complexity index is 882. The van der Waals surface area contributed by atoms with Crippen LogP contribution in [0.2, 0.25) is 0 Å². The standard InChI is InChI=1S/C18H20N4O2/c1-11(2)24-16-7-5-14(6-8-16)18(23)20-15-9-12(3)17-19-13(4)21-22(17)10-15/h5-11H,1-4H3,(H,20,23). The van der Waals surface area contributed by atoms with Gasteiger partial charge in [-0.1, -0.05) is 0 Å². The van der Waals surface area contributed by atoms with Crippen molar-refractivity contribution in [2.45, 2.75) is 33.8 Å². The minimum Gasteiger partial charge on any atom is -0.491 e. The fourth-order valence-corrected chi connectivity index (χ4v) is 2.48. The predicted molar refractivity (Wildman–Crippen MR) is 92.6 cm³/mol. The lowest BCUT2D eigenvalue weighted by Gasteiger charge is -2.10. The van der Waals surface area contributed by atoms with E-state index in [1.807, 2.05) is 33.8 Å². The molecule has 6 heteroatoms. The van der Waals surface area contributed by atoms with Gasteiger partial charge in [0.25, 0.3) is 5.91 Å². The number of aromatic nitrogens is 3. The molecule has 0 saturated heterocycles. The Morgan fingerprint density at radius 1 is 1.21 bits per heavy atom. The van der Waals surface area contributed by atoms with Crippen molar-refractivity contribution in [3.63, 3.8) is 0 Å². The number of ether oxygens (including phenoxy) is 1. The summed E-state index contributed by atoms with van der Waals surface area (Å²) in [7, 11) is 0. The molecule has 1 amide bonds. The molecule has 0 aliphatic carbocycles. The van der Waals surface area contributed by atoms with Crippen LogP contribution in [-0.4, -0.2) is 26.6 Å². The molecule has 0 bridgehead atoms. The number of hydrogen-bond donors (Lipinski definition) is 1. The largest absolute Gasteiger partial charge is 0.491 e. The second kappa shape index (κ2) is 6.31. The molecule has 0 spiro atoms.